The van der Waals surface area contributed by atoms with Gasteiger partial charge in [0, 0.05) is 27.7 Å². The summed E-state index contributed by atoms with van der Waals surface area (Å²) in [6, 6.07) is 11.0. The molecule has 2 aromatic rings. The van der Waals surface area contributed by atoms with E-state index in [1.807, 2.05) is 11.3 Å². The third-order valence-electron chi connectivity index (χ3n) is 4.00. The van der Waals surface area contributed by atoms with Gasteiger partial charge in [0.1, 0.15) is 0 Å². The van der Waals surface area contributed by atoms with Crippen molar-refractivity contribution >= 4 is 27.3 Å². The van der Waals surface area contributed by atoms with E-state index in [2.05, 4.69) is 63.9 Å². The fourth-order valence-corrected chi connectivity index (χ4v) is 4.57. The Morgan fingerprint density at radius 1 is 1.26 bits per heavy atom. The van der Waals surface area contributed by atoms with Crippen LogP contribution in [0.15, 0.2) is 40.2 Å². The fraction of sp³-hybridized carbons (Fsp3) is 0.375. The molecule has 1 aliphatic heterocycles. The summed E-state index contributed by atoms with van der Waals surface area (Å²) in [5.74, 6) is 1.25. The Bertz CT molecular complexity index is 563. The minimum absolute atomic E-state index is 0.587. The largest absolute Gasteiger partial charge is 0.316 e. The number of benzene rings is 1. The number of rotatable bonds is 2. The second kappa shape index (κ2) is 5.78. The predicted molar refractivity (Wildman–Crippen MR) is 86.2 cm³/mol. The summed E-state index contributed by atoms with van der Waals surface area (Å²) in [6.45, 7) is 4.46. The maximum atomic E-state index is 3.59. The topological polar surface area (TPSA) is 12.0 Å². The van der Waals surface area contributed by atoms with Crippen LogP contribution < -0.4 is 5.32 Å². The van der Waals surface area contributed by atoms with Gasteiger partial charge in [-0.1, -0.05) is 28.1 Å². The molecule has 2 heterocycles. The fourth-order valence-electron chi connectivity index (χ4n) is 3.02. The zero-order valence-corrected chi connectivity index (χ0v) is 13.4. The molecule has 0 radical (unpaired) electrons. The highest BCUT2D eigenvalue weighted by molar-refractivity contribution is 9.10. The second-order valence-corrected chi connectivity index (χ2v) is 7.09. The summed E-state index contributed by atoms with van der Waals surface area (Å²) in [5.41, 5.74) is 2.90. The van der Waals surface area contributed by atoms with E-state index in [0.717, 1.165) is 13.1 Å². The molecule has 0 spiro atoms. The summed E-state index contributed by atoms with van der Waals surface area (Å²) in [4.78, 5) is 1.58. The number of hydrogen-bond donors (Lipinski definition) is 1. The molecule has 1 saturated heterocycles. The van der Waals surface area contributed by atoms with Crippen molar-refractivity contribution in [3.8, 4) is 0 Å². The molecule has 0 saturated carbocycles. The molecule has 0 amide bonds. The zero-order chi connectivity index (χ0) is 13.2. The molecule has 100 valence electrons. The Balaban J connectivity index is 1.96. The molecule has 1 fully saturated rings. The van der Waals surface area contributed by atoms with Gasteiger partial charge in [0.15, 0.2) is 0 Å². The molecule has 1 aliphatic rings. The monoisotopic (exact) mass is 335 g/mol. The molecular formula is C16H18BrNS. The SMILES string of the molecule is Cc1ccsc1C1CCNCC1c1cccc(Br)c1. The van der Waals surface area contributed by atoms with Gasteiger partial charge in [0.25, 0.3) is 0 Å². The van der Waals surface area contributed by atoms with Crippen LogP contribution in [0.25, 0.3) is 0 Å². The highest BCUT2D eigenvalue weighted by atomic mass is 79.9. The van der Waals surface area contributed by atoms with Crippen LogP contribution in [0.5, 0.6) is 0 Å². The zero-order valence-electron chi connectivity index (χ0n) is 11.0. The Hall–Kier alpha value is -0.640. The average molecular weight is 336 g/mol. The van der Waals surface area contributed by atoms with Gasteiger partial charge in [-0.3, -0.25) is 0 Å². The van der Waals surface area contributed by atoms with E-state index in [-0.39, 0.29) is 0 Å². The standard InChI is InChI=1S/C16H18BrNS/c1-11-6-8-19-16(11)14-5-7-18-10-15(14)12-3-2-4-13(17)9-12/h2-4,6,8-9,14-15,18H,5,7,10H2,1H3. The van der Waals surface area contributed by atoms with Gasteiger partial charge in [-0.15, -0.1) is 11.3 Å². The Morgan fingerprint density at radius 3 is 2.89 bits per heavy atom. The van der Waals surface area contributed by atoms with Gasteiger partial charge < -0.3 is 5.32 Å². The Morgan fingerprint density at radius 2 is 2.16 bits per heavy atom. The molecule has 0 bridgehead atoms. The summed E-state index contributed by atoms with van der Waals surface area (Å²) < 4.78 is 1.18. The molecular weight excluding hydrogens is 318 g/mol. The predicted octanol–water partition coefficient (Wildman–Crippen LogP) is 4.68. The Kier molecular flexibility index (Phi) is 4.06. The molecule has 19 heavy (non-hydrogen) atoms. The smallest absolute Gasteiger partial charge is 0.0178 e. The quantitative estimate of drug-likeness (QED) is 0.840. The van der Waals surface area contributed by atoms with Gasteiger partial charge in [-0.05, 0) is 54.6 Å². The molecule has 0 aliphatic carbocycles. The molecule has 3 heteroatoms. The van der Waals surface area contributed by atoms with E-state index in [9.17, 15) is 0 Å². The van der Waals surface area contributed by atoms with Crippen LogP contribution in [0.4, 0.5) is 0 Å². The maximum Gasteiger partial charge on any atom is 0.0178 e. The molecule has 2 atom stereocenters. The first-order chi connectivity index (χ1) is 9.25. The van der Waals surface area contributed by atoms with E-state index in [4.69, 9.17) is 0 Å². The van der Waals surface area contributed by atoms with Gasteiger partial charge in [-0.2, -0.15) is 0 Å². The van der Waals surface area contributed by atoms with Crippen molar-refractivity contribution in [2.75, 3.05) is 13.1 Å². The molecule has 2 unspecified atom stereocenters. The average Bonchev–Trinajstić information content (AvgIpc) is 2.85. The summed E-state index contributed by atoms with van der Waals surface area (Å²) >= 11 is 5.51. The lowest BCUT2D eigenvalue weighted by atomic mass is 9.80. The van der Waals surface area contributed by atoms with Crippen molar-refractivity contribution in [1.82, 2.24) is 5.32 Å². The molecule has 3 rings (SSSR count). The number of thiophene rings is 1. The van der Waals surface area contributed by atoms with Gasteiger partial charge in [-0.25, -0.2) is 0 Å². The van der Waals surface area contributed by atoms with Crippen molar-refractivity contribution in [2.45, 2.75) is 25.2 Å². The molecule has 1 N–H and O–H groups in total. The first-order valence-electron chi connectivity index (χ1n) is 6.76. The Labute approximate surface area is 127 Å². The minimum Gasteiger partial charge on any atom is -0.316 e. The van der Waals surface area contributed by atoms with Gasteiger partial charge >= 0.3 is 0 Å². The van der Waals surface area contributed by atoms with E-state index in [1.54, 1.807) is 4.88 Å². The highest BCUT2D eigenvalue weighted by Crippen LogP contribution is 2.41. The first kappa shape index (κ1) is 13.3. The van der Waals surface area contributed by atoms with E-state index in [1.165, 1.54) is 22.0 Å². The van der Waals surface area contributed by atoms with Crippen molar-refractivity contribution in [3.63, 3.8) is 0 Å². The van der Waals surface area contributed by atoms with Crippen LogP contribution in [0.2, 0.25) is 0 Å². The lowest BCUT2D eigenvalue weighted by molar-refractivity contribution is 0.407. The van der Waals surface area contributed by atoms with Crippen molar-refractivity contribution in [2.24, 2.45) is 0 Å². The van der Waals surface area contributed by atoms with E-state index >= 15 is 0 Å². The second-order valence-electron chi connectivity index (χ2n) is 5.23. The third-order valence-corrected chi connectivity index (χ3v) is 5.64. The van der Waals surface area contributed by atoms with E-state index in [0.29, 0.717) is 11.8 Å². The summed E-state index contributed by atoms with van der Waals surface area (Å²) in [7, 11) is 0. The molecule has 1 nitrogen and oxygen atoms in total. The van der Waals surface area contributed by atoms with Crippen LogP contribution in [0, 0.1) is 6.92 Å². The normalized spacial score (nSPS) is 23.5. The molecule has 1 aromatic carbocycles. The lowest BCUT2D eigenvalue weighted by Gasteiger charge is -2.32. The highest BCUT2D eigenvalue weighted by Gasteiger charge is 2.29. The van der Waals surface area contributed by atoms with Crippen molar-refractivity contribution in [1.29, 1.82) is 0 Å². The van der Waals surface area contributed by atoms with Crippen LogP contribution >= 0.6 is 27.3 Å². The number of halogens is 1. The number of nitrogens with one attached hydrogen (secondary N) is 1. The number of hydrogen-bond acceptors (Lipinski definition) is 2. The van der Waals surface area contributed by atoms with Crippen LogP contribution in [-0.2, 0) is 0 Å². The van der Waals surface area contributed by atoms with Crippen LogP contribution in [0.3, 0.4) is 0 Å². The van der Waals surface area contributed by atoms with Crippen LogP contribution in [-0.4, -0.2) is 13.1 Å². The van der Waals surface area contributed by atoms with Gasteiger partial charge in [0.2, 0.25) is 0 Å². The maximum absolute atomic E-state index is 3.59. The van der Waals surface area contributed by atoms with Gasteiger partial charge in [0.05, 0.1) is 0 Å². The minimum atomic E-state index is 0.587. The third kappa shape index (κ3) is 2.78. The van der Waals surface area contributed by atoms with Crippen molar-refractivity contribution in [3.05, 3.63) is 56.2 Å². The molecule has 1 aromatic heterocycles. The van der Waals surface area contributed by atoms with Crippen molar-refractivity contribution < 1.29 is 0 Å². The lowest BCUT2D eigenvalue weighted by Crippen LogP contribution is -2.33. The summed E-state index contributed by atoms with van der Waals surface area (Å²) in [6.07, 6.45) is 1.23. The number of aryl methyl sites for hydroxylation is 1. The first-order valence-corrected chi connectivity index (χ1v) is 8.43. The number of piperidine rings is 1. The summed E-state index contributed by atoms with van der Waals surface area (Å²) in [5, 5.41) is 5.78. The van der Waals surface area contributed by atoms with Crippen LogP contribution in [0.1, 0.15) is 34.3 Å². The van der Waals surface area contributed by atoms with E-state index < -0.39 is 0 Å².